The molecule has 4 nitrogen and oxygen atoms in total. The summed E-state index contributed by atoms with van der Waals surface area (Å²) in [5.41, 5.74) is -1.72. The maximum Gasteiger partial charge on any atom is 0.433 e. The summed E-state index contributed by atoms with van der Waals surface area (Å²) in [5, 5.41) is 2.62. The molecule has 0 spiro atoms. The molecule has 0 aromatic carbocycles. The number of alkyl halides is 3. The van der Waals surface area contributed by atoms with Crippen LogP contribution in [0.4, 0.5) is 13.2 Å². The monoisotopic (exact) mass is 231 g/mol. The fraction of sp³-hybridized carbons (Fsp3) is 0.333. The van der Waals surface area contributed by atoms with Gasteiger partial charge < -0.3 is 0 Å². The van der Waals surface area contributed by atoms with Crippen molar-refractivity contribution in [2.75, 3.05) is 0 Å². The minimum Gasteiger partial charge on any atom is -0.294 e. The number of hydrogen-bond donors (Lipinski definition) is 1. The molecular weight excluding hydrogens is 223 g/mol. The first-order valence-electron chi connectivity index (χ1n) is 4.47. The van der Waals surface area contributed by atoms with Crippen molar-refractivity contribution < 1.29 is 13.2 Å². The van der Waals surface area contributed by atoms with Gasteiger partial charge in [0.2, 0.25) is 0 Å². The Morgan fingerprint density at radius 1 is 1.38 bits per heavy atom. The highest BCUT2D eigenvalue weighted by Crippen LogP contribution is 2.29. The lowest BCUT2D eigenvalue weighted by Crippen LogP contribution is -2.24. The summed E-state index contributed by atoms with van der Waals surface area (Å²) >= 11 is 0. The molecule has 2 heterocycles. The summed E-state index contributed by atoms with van der Waals surface area (Å²) in [7, 11) is 0. The van der Waals surface area contributed by atoms with Gasteiger partial charge in [-0.25, -0.2) is 9.50 Å². The van der Waals surface area contributed by atoms with E-state index in [0.717, 1.165) is 11.4 Å². The first-order valence-corrected chi connectivity index (χ1v) is 4.47. The quantitative estimate of drug-likeness (QED) is 0.749. The average molecular weight is 231 g/mol. The predicted molar refractivity (Wildman–Crippen MR) is 50.3 cm³/mol. The molecule has 0 bridgehead atoms. The van der Waals surface area contributed by atoms with Gasteiger partial charge in [0.05, 0.1) is 0 Å². The Hall–Kier alpha value is -1.79. The summed E-state index contributed by atoms with van der Waals surface area (Å²) in [6.07, 6.45) is -4.61. The van der Waals surface area contributed by atoms with Crippen LogP contribution in [0.15, 0.2) is 10.9 Å². The zero-order valence-corrected chi connectivity index (χ0v) is 8.51. The van der Waals surface area contributed by atoms with E-state index < -0.39 is 23.0 Å². The lowest BCUT2D eigenvalue weighted by molar-refractivity contribution is -0.141. The molecule has 0 saturated carbocycles. The molecule has 7 heteroatoms. The van der Waals surface area contributed by atoms with Crippen LogP contribution in [0.1, 0.15) is 17.0 Å². The van der Waals surface area contributed by atoms with E-state index in [1.807, 2.05) is 0 Å². The minimum atomic E-state index is -4.61. The van der Waals surface area contributed by atoms with Gasteiger partial charge in [-0.05, 0) is 13.8 Å². The summed E-state index contributed by atoms with van der Waals surface area (Å²) < 4.78 is 38.6. The van der Waals surface area contributed by atoms with Gasteiger partial charge in [0.1, 0.15) is 0 Å². The van der Waals surface area contributed by atoms with Crippen LogP contribution in [0.2, 0.25) is 0 Å². The van der Waals surface area contributed by atoms with Crippen LogP contribution in [-0.4, -0.2) is 14.6 Å². The van der Waals surface area contributed by atoms with Crippen molar-refractivity contribution in [2.24, 2.45) is 0 Å². The van der Waals surface area contributed by atoms with Crippen molar-refractivity contribution >= 4 is 5.65 Å². The van der Waals surface area contributed by atoms with E-state index in [-0.39, 0.29) is 5.65 Å². The fourth-order valence-electron chi connectivity index (χ4n) is 1.50. The van der Waals surface area contributed by atoms with Crippen LogP contribution in [0.3, 0.4) is 0 Å². The number of aromatic amines is 1. The van der Waals surface area contributed by atoms with Crippen LogP contribution in [0.25, 0.3) is 5.65 Å². The van der Waals surface area contributed by atoms with Crippen LogP contribution in [0.5, 0.6) is 0 Å². The van der Waals surface area contributed by atoms with E-state index in [2.05, 4.69) is 10.1 Å². The fourth-order valence-corrected chi connectivity index (χ4v) is 1.50. The summed E-state index contributed by atoms with van der Waals surface area (Å²) in [6, 6.07) is 1.38. The molecule has 2 aromatic heterocycles. The molecule has 0 atom stereocenters. The Labute approximate surface area is 87.7 Å². The minimum absolute atomic E-state index is 0.0274. The summed E-state index contributed by atoms with van der Waals surface area (Å²) in [4.78, 5) is 15.0. The summed E-state index contributed by atoms with van der Waals surface area (Å²) in [6.45, 7) is 2.75. The molecule has 1 N–H and O–H groups in total. The van der Waals surface area contributed by atoms with E-state index in [4.69, 9.17) is 0 Å². The van der Waals surface area contributed by atoms with Gasteiger partial charge in [0.15, 0.2) is 11.3 Å². The van der Waals surface area contributed by atoms with E-state index in [9.17, 15) is 18.0 Å². The van der Waals surface area contributed by atoms with Gasteiger partial charge in [0.25, 0.3) is 5.56 Å². The number of nitrogens with one attached hydrogen (secondary N) is 1. The molecule has 0 aliphatic rings. The van der Waals surface area contributed by atoms with Crippen molar-refractivity contribution in [1.29, 1.82) is 0 Å². The second-order valence-corrected chi connectivity index (χ2v) is 3.52. The van der Waals surface area contributed by atoms with Crippen molar-refractivity contribution in [3.63, 3.8) is 0 Å². The topological polar surface area (TPSA) is 50.2 Å². The van der Waals surface area contributed by atoms with Gasteiger partial charge in [-0.3, -0.25) is 9.89 Å². The molecule has 0 aliphatic carbocycles. The third-order valence-electron chi connectivity index (χ3n) is 2.24. The molecule has 2 aromatic rings. The van der Waals surface area contributed by atoms with Gasteiger partial charge in [0, 0.05) is 17.3 Å². The Morgan fingerprint density at radius 2 is 2.00 bits per heavy atom. The zero-order valence-electron chi connectivity index (χ0n) is 8.51. The molecular formula is C9H8F3N3O. The first-order chi connectivity index (χ1) is 7.30. The predicted octanol–water partition coefficient (Wildman–Crippen LogP) is 1.66. The summed E-state index contributed by atoms with van der Waals surface area (Å²) in [5.74, 6) is 0. The lowest BCUT2D eigenvalue weighted by Gasteiger charge is -2.08. The number of aromatic nitrogens is 3. The normalized spacial score (nSPS) is 12.3. The maximum atomic E-state index is 12.5. The molecule has 0 radical (unpaired) electrons. The van der Waals surface area contributed by atoms with Crippen LogP contribution in [0, 0.1) is 13.8 Å². The third kappa shape index (κ3) is 1.48. The van der Waals surface area contributed by atoms with Gasteiger partial charge in [-0.1, -0.05) is 0 Å². The number of halogens is 3. The number of H-pyrrole nitrogens is 1. The average Bonchev–Trinajstić information content (AvgIpc) is 2.51. The van der Waals surface area contributed by atoms with E-state index in [1.165, 1.54) is 6.07 Å². The van der Waals surface area contributed by atoms with Crippen LogP contribution >= 0.6 is 0 Å². The number of nitrogens with zero attached hydrogens (tertiary/aromatic N) is 2. The Bertz CT molecular complexity index is 609. The molecule has 0 saturated heterocycles. The Balaban J connectivity index is 2.89. The first kappa shape index (κ1) is 10.7. The van der Waals surface area contributed by atoms with E-state index >= 15 is 0 Å². The standard InChI is InChI=1S/C9H8F3N3O/c1-4-3-6-13-7(9(10,11)12)5(2)8(16)15(6)14-4/h3,14H,1-2H3. The number of rotatable bonds is 0. The zero-order chi connectivity index (χ0) is 12.1. The number of hydrogen-bond acceptors (Lipinski definition) is 2. The maximum absolute atomic E-state index is 12.5. The van der Waals surface area contributed by atoms with Crippen LogP contribution < -0.4 is 5.56 Å². The van der Waals surface area contributed by atoms with Gasteiger partial charge in [-0.2, -0.15) is 13.2 Å². The molecule has 0 amide bonds. The highest BCUT2D eigenvalue weighted by Gasteiger charge is 2.36. The molecule has 16 heavy (non-hydrogen) atoms. The van der Waals surface area contributed by atoms with Gasteiger partial charge >= 0.3 is 6.18 Å². The largest absolute Gasteiger partial charge is 0.433 e. The number of aryl methyl sites for hydroxylation is 1. The highest BCUT2D eigenvalue weighted by atomic mass is 19.4. The Morgan fingerprint density at radius 3 is 2.56 bits per heavy atom. The Kier molecular flexibility index (Phi) is 2.08. The van der Waals surface area contributed by atoms with Crippen molar-refractivity contribution in [3.05, 3.63) is 33.4 Å². The smallest absolute Gasteiger partial charge is 0.294 e. The molecule has 0 aliphatic heterocycles. The second kappa shape index (κ2) is 3.10. The number of fused-ring (bicyclic) bond motifs is 1. The SMILES string of the molecule is Cc1cc2nc(C(F)(F)F)c(C)c(=O)n2[nH]1. The van der Waals surface area contributed by atoms with Crippen LogP contribution in [-0.2, 0) is 6.18 Å². The lowest BCUT2D eigenvalue weighted by atomic mass is 10.2. The highest BCUT2D eigenvalue weighted by molar-refractivity contribution is 5.41. The molecule has 86 valence electrons. The van der Waals surface area contributed by atoms with E-state index in [0.29, 0.717) is 5.69 Å². The van der Waals surface area contributed by atoms with Crippen molar-refractivity contribution in [1.82, 2.24) is 14.6 Å². The third-order valence-corrected chi connectivity index (χ3v) is 2.24. The second-order valence-electron chi connectivity index (χ2n) is 3.52. The van der Waals surface area contributed by atoms with Gasteiger partial charge in [-0.15, -0.1) is 0 Å². The van der Waals surface area contributed by atoms with Crippen molar-refractivity contribution in [2.45, 2.75) is 20.0 Å². The van der Waals surface area contributed by atoms with E-state index in [1.54, 1.807) is 6.92 Å². The molecule has 0 fully saturated rings. The van der Waals surface area contributed by atoms with Crippen molar-refractivity contribution in [3.8, 4) is 0 Å². The molecule has 2 rings (SSSR count). The molecule has 0 unspecified atom stereocenters.